The van der Waals surface area contributed by atoms with Crippen LogP contribution in [0, 0.1) is 5.82 Å². The number of allylic oxidation sites excluding steroid dienone is 1. The summed E-state index contributed by atoms with van der Waals surface area (Å²) < 4.78 is 56.1. The van der Waals surface area contributed by atoms with E-state index in [-0.39, 0.29) is 45.8 Å². The first-order chi connectivity index (χ1) is 18.6. The fourth-order valence-electron chi connectivity index (χ4n) is 4.45. The smallest absolute Gasteiger partial charge is 0.305 e. The minimum absolute atomic E-state index is 0.0516. The van der Waals surface area contributed by atoms with E-state index < -0.39 is 27.9 Å². The molecular formula is C26H22Cl2FN3O5S2. The third-order valence-electron chi connectivity index (χ3n) is 6.27. The molecule has 39 heavy (non-hydrogen) atoms. The average Bonchev–Trinajstić information content (AvgIpc) is 3.46. The highest BCUT2D eigenvalue weighted by Crippen LogP contribution is 2.41. The van der Waals surface area contributed by atoms with Crippen molar-refractivity contribution in [2.24, 2.45) is 0 Å². The largest absolute Gasteiger partial charge is 0.486 e. The lowest BCUT2D eigenvalue weighted by Gasteiger charge is -2.35. The van der Waals surface area contributed by atoms with Gasteiger partial charge in [0.05, 0.1) is 24.4 Å². The van der Waals surface area contributed by atoms with Crippen LogP contribution in [-0.2, 0) is 19.6 Å². The molecule has 0 fully saturated rings. The molecule has 13 heteroatoms. The van der Waals surface area contributed by atoms with Gasteiger partial charge in [0.2, 0.25) is 0 Å². The molecule has 0 saturated carbocycles. The van der Waals surface area contributed by atoms with Crippen LogP contribution >= 0.6 is 34.5 Å². The molecule has 2 aromatic carbocycles. The first-order valence-electron chi connectivity index (χ1n) is 11.7. The number of benzene rings is 2. The standard InChI is InChI=1S/C26H22Cl2FN3O5S2/c1-15(23-18(27)4-3-5-19(23)29)12-16-6-8-21-20(13-16)32(14-17(37-21)7-9-22(33)36-2)39(34,35)25-24(28)30-26-31(25)10-11-38-26/h3-6,8,10-13,17H,7,9,14H2,1-2H3/b15-12+. The zero-order chi connectivity index (χ0) is 27.9. The van der Waals surface area contributed by atoms with Crippen LogP contribution < -0.4 is 9.04 Å². The van der Waals surface area contributed by atoms with E-state index in [1.54, 1.807) is 48.8 Å². The van der Waals surface area contributed by atoms with Crippen molar-refractivity contribution in [1.82, 2.24) is 9.38 Å². The maximum Gasteiger partial charge on any atom is 0.305 e. The highest BCUT2D eigenvalue weighted by molar-refractivity contribution is 7.92. The highest BCUT2D eigenvalue weighted by Gasteiger charge is 2.38. The van der Waals surface area contributed by atoms with Crippen LogP contribution in [0.25, 0.3) is 16.6 Å². The average molecular weight is 611 g/mol. The Morgan fingerprint density at radius 3 is 2.85 bits per heavy atom. The molecule has 0 aliphatic carbocycles. The normalized spacial score (nSPS) is 15.8. The molecule has 2 aromatic heterocycles. The molecular weight excluding hydrogens is 588 g/mol. The minimum atomic E-state index is -4.24. The second-order valence-corrected chi connectivity index (χ2v) is 12.2. The predicted octanol–water partition coefficient (Wildman–Crippen LogP) is 6.31. The van der Waals surface area contributed by atoms with Crippen molar-refractivity contribution >= 4 is 72.8 Å². The van der Waals surface area contributed by atoms with Gasteiger partial charge in [-0.25, -0.2) is 9.37 Å². The van der Waals surface area contributed by atoms with E-state index in [1.807, 2.05) is 0 Å². The van der Waals surface area contributed by atoms with Crippen molar-refractivity contribution in [2.75, 3.05) is 18.0 Å². The van der Waals surface area contributed by atoms with E-state index in [9.17, 15) is 17.6 Å². The Bertz CT molecular complexity index is 1700. The van der Waals surface area contributed by atoms with E-state index >= 15 is 0 Å². The molecule has 204 valence electrons. The minimum Gasteiger partial charge on any atom is -0.486 e. The molecule has 1 aliphatic heterocycles. The molecule has 0 amide bonds. The number of sulfonamides is 1. The van der Waals surface area contributed by atoms with Gasteiger partial charge in [0.25, 0.3) is 10.0 Å². The number of carbonyl (C=O) groups excluding carboxylic acids is 1. The van der Waals surface area contributed by atoms with Crippen LogP contribution in [0.15, 0.2) is 53.0 Å². The molecule has 4 aromatic rings. The van der Waals surface area contributed by atoms with E-state index in [0.29, 0.717) is 21.8 Å². The second-order valence-electron chi connectivity index (χ2n) is 8.81. The van der Waals surface area contributed by atoms with Crippen LogP contribution in [-0.4, -0.2) is 43.5 Å². The number of esters is 1. The van der Waals surface area contributed by atoms with Crippen LogP contribution in [0.3, 0.4) is 0 Å². The number of ether oxygens (including phenoxy) is 2. The van der Waals surface area contributed by atoms with E-state index in [1.165, 1.54) is 39.3 Å². The lowest BCUT2D eigenvalue weighted by atomic mass is 10.0. The van der Waals surface area contributed by atoms with Crippen molar-refractivity contribution in [3.05, 3.63) is 75.1 Å². The molecule has 5 rings (SSSR count). The molecule has 0 N–H and O–H groups in total. The fraction of sp³-hybridized carbons (Fsp3) is 0.231. The quantitative estimate of drug-likeness (QED) is 0.180. The molecule has 8 nitrogen and oxygen atoms in total. The number of thiazole rings is 1. The Kier molecular flexibility index (Phi) is 7.60. The first kappa shape index (κ1) is 27.4. The molecule has 0 bridgehead atoms. The van der Waals surface area contributed by atoms with Gasteiger partial charge < -0.3 is 9.47 Å². The maximum atomic E-state index is 14.5. The third kappa shape index (κ3) is 5.23. The Morgan fingerprint density at radius 2 is 2.10 bits per heavy atom. The van der Waals surface area contributed by atoms with Crippen molar-refractivity contribution in [2.45, 2.75) is 30.9 Å². The van der Waals surface area contributed by atoms with E-state index in [0.717, 1.165) is 0 Å². The van der Waals surface area contributed by atoms with E-state index in [2.05, 4.69) is 4.98 Å². The number of rotatable bonds is 7. The number of imidazole rings is 1. The summed E-state index contributed by atoms with van der Waals surface area (Å²) in [5.74, 6) is -0.591. The lowest BCUT2D eigenvalue weighted by Crippen LogP contribution is -2.44. The number of anilines is 1. The molecule has 0 radical (unpaired) electrons. The summed E-state index contributed by atoms with van der Waals surface area (Å²) in [6, 6.07) is 9.46. The summed E-state index contributed by atoms with van der Waals surface area (Å²) in [4.78, 5) is 16.4. The SMILES string of the molecule is COC(=O)CCC1CN(S(=O)(=O)c2c(Cl)nc3sccn23)c2cc(/C=C(\C)c3c(F)cccc3Cl)ccc2O1. The predicted molar refractivity (Wildman–Crippen MR) is 150 cm³/mol. The zero-order valence-electron chi connectivity index (χ0n) is 20.7. The molecule has 0 saturated heterocycles. The van der Waals surface area contributed by atoms with Gasteiger partial charge in [0, 0.05) is 23.6 Å². The van der Waals surface area contributed by atoms with Crippen molar-refractivity contribution in [3.8, 4) is 5.75 Å². The summed E-state index contributed by atoms with van der Waals surface area (Å²) in [6.07, 6.45) is 2.95. The third-order valence-corrected chi connectivity index (χ3v) is 9.52. The van der Waals surface area contributed by atoms with E-state index in [4.69, 9.17) is 32.7 Å². The number of carbonyl (C=O) groups is 1. The Labute approximate surface area is 238 Å². The van der Waals surface area contributed by atoms with Gasteiger partial charge in [-0.3, -0.25) is 13.5 Å². The topological polar surface area (TPSA) is 90.2 Å². The number of aromatic nitrogens is 2. The van der Waals surface area contributed by atoms with Gasteiger partial charge in [0.15, 0.2) is 15.1 Å². The van der Waals surface area contributed by atoms with Gasteiger partial charge in [-0.15, -0.1) is 11.3 Å². The first-order valence-corrected chi connectivity index (χ1v) is 14.8. The summed E-state index contributed by atoms with van der Waals surface area (Å²) >= 11 is 13.8. The maximum absolute atomic E-state index is 14.5. The van der Waals surface area contributed by atoms with Gasteiger partial charge in [-0.2, -0.15) is 8.42 Å². The fourth-order valence-corrected chi connectivity index (χ4v) is 7.67. The summed E-state index contributed by atoms with van der Waals surface area (Å²) in [7, 11) is -2.95. The molecule has 1 aliphatic rings. The molecule has 0 spiro atoms. The Morgan fingerprint density at radius 1 is 1.31 bits per heavy atom. The molecule has 1 unspecified atom stereocenters. The second kappa shape index (κ2) is 10.8. The summed E-state index contributed by atoms with van der Waals surface area (Å²) in [5.41, 5.74) is 1.68. The monoisotopic (exact) mass is 609 g/mol. The molecule has 3 heterocycles. The van der Waals surface area contributed by atoms with Gasteiger partial charge in [-0.1, -0.05) is 41.4 Å². The number of halogens is 3. The Hall–Kier alpha value is -3.12. The lowest BCUT2D eigenvalue weighted by molar-refractivity contribution is -0.141. The van der Waals surface area contributed by atoms with Gasteiger partial charge in [-0.05, 0) is 48.7 Å². The zero-order valence-corrected chi connectivity index (χ0v) is 23.9. The van der Waals surface area contributed by atoms with Gasteiger partial charge in [0.1, 0.15) is 17.7 Å². The number of hydrogen-bond acceptors (Lipinski definition) is 7. The number of nitrogens with zero attached hydrogens (tertiary/aromatic N) is 3. The number of hydrogen-bond donors (Lipinski definition) is 0. The summed E-state index contributed by atoms with van der Waals surface area (Å²) in [5, 5.41) is 1.65. The van der Waals surface area contributed by atoms with Crippen molar-refractivity contribution < 1.29 is 27.1 Å². The van der Waals surface area contributed by atoms with Crippen molar-refractivity contribution in [1.29, 1.82) is 0 Å². The number of methoxy groups -OCH3 is 1. The Balaban J connectivity index is 1.59. The summed E-state index contributed by atoms with van der Waals surface area (Å²) in [6.45, 7) is 1.64. The van der Waals surface area contributed by atoms with Crippen LogP contribution in [0.4, 0.5) is 10.1 Å². The highest BCUT2D eigenvalue weighted by atomic mass is 35.5. The van der Waals surface area contributed by atoms with Crippen molar-refractivity contribution in [3.63, 3.8) is 0 Å². The van der Waals surface area contributed by atoms with Crippen LogP contribution in [0.2, 0.25) is 10.2 Å². The molecule has 1 atom stereocenters. The van der Waals surface area contributed by atoms with Crippen LogP contribution in [0.5, 0.6) is 5.75 Å². The van der Waals surface area contributed by atoms with Crippen LogP contribution in [0.1, 0.15) is 30.9 Å². The van der Waals surface area contributed by atoms with Gasteiger partial charge >= 0.3 is 5.97 Å². The number of fused-ring (bicyclic) bond motifs is 2.